The predicted octanol–water partition coefficient (Wildman–Crippen LogP) is 2.51. The lowest BCUT2D eigenvalue weighted by Gasteiger charge is -2.11. The summed E-state index contributed by atoms with van der Waals surface area (Å²) in [5, 5.41) is 4.64. The van der Waals surface area contributed by atoms with Gasteiger partial charge in [0.15, 0.2) is 5.69 Å². The molecule has 0 aliphatic heterocycles. The zero-order valence-corrected chi connectivity index (χ0v) is 17.2. The quantitative estimate of drug-likeness (QED) is 0.438. The number of fused-ring (bicyclic) bond motifs is 1. The number of aryl methyl sites for hydroxylation is 1. The molecular formula is C22H20N2O7. The number of benzene rings is 2. The van der Waals surface area contributed by atoms with Gasteiger partial charge in [0.25, 0.3) is 5.56 Å². The third-order valence-electron chi connectivity index (χ3n) is 4.29. The van der Waals surface area contributed by atoms with Gasteiger partial charge in [-0.1, -0.05) is 18.2 Å². The van der Waals surface area contributed by atoms with Gasteiger partial charge in [0.2, 0.25) is 0 Å². The van der Waals surface area contributed by atoms with Crippen molar-refractivity contribution in [2.24, 2.45) is 7.05 Å². The van der Waals surface area contributed by atoms with E-state index in [2.05, 4.69) is 5.10 Å². The number of esters is 3. The van der Waals surface area contributed by atoms with Crippen LogP contribution in [0.2, 0.25) is 0 Å². The molecule has 0 N–H and O–H groups in total. The van der Waals surface area contributed by atoms with Crippen LogP contribution in [0.3, 0.4) is 0 Å². The van der Waals surface area contributed by atoms with Crippen molar-refractivity contribution in [3.8, 4) is 5.75 Å². The van der Waals surface area contributed by atoms with E-state index in [-0.39, 0.29) is 41.3 Å². The van der Waals surface area contributed by atoms with Crippen LogP contribution in [-0.4, -0.2) is 40.9 Å². The predicted molar refractivity (Wildman–Crippen MR) is 110 cm³/mol. The molecule has 0 saturated heterocycles. The van der Waals surface area contributed by atoms with Gasteiger partial charge in [-0.15, -0.1) is 0 Å². The number of ether oxygens (including phenoxy) is 3. The second-order valence-corrected chi connectivity index (χ2v) is 6.40. The molecule has 0 spiro atoms. The van der Waals surface area contributed by atoms with Crippen LogP contribution in [0.5, 0.6) is 5.75 Å². The lowest BCUT2D eigenvalue weighted by atomic mass is 10.1. The van der Waals surface area contributed by atoms with Gasteiger partial charge in [-0.25, -0.2) is 19.1 Å². The number of aromatic nitrogens is 2. The highest BCUT2D eigenvalue weighted by Gasteiger charge is 2.21. The number of nitrogens with zero attached hydrogens (tertiary/aromatic N) is 2. The third kappa shape index (κ3) is 4.61. The molecule has 9 nitrogen and oxygen atoms in total. The Morgan fingerprint density at radius 3 is 1.97 bits per heavy atom. The van der Waals surface area contributed by atoms with Crippen molar-refractivity contribution < 1.29 is 28.6 Å². The third-order valence-corrected chi connectivity index (χ3v) is 4.29. The fourth-order valence-corrected chi connectivity index (χ4v) is 2.93. The first kappa shape index (κ1) is 21.7. The van der Waals surface area contributed by atoms with Crippen LogP contribution >= 0.6 is 0 Å². The molecule has 0 amide bonds. The lowest BCUT2D eigenvalue weighted by Crippen LogP contribution is -2.24. The van der Waals surface area contributed by atoms with E-state index in [0.29, 0.717) is 10.8 Å². The summed E-state index contributed by atoms with van der Waals surface area (Å²) in [7, 11) is 1.42. The molecule has 160 valence electrons. The average molecular weight is 424 g/mol. The minimum Gasteiger partial charge on any atom is -0.462 e. The van der Waals surface area contributed by atoms with Crippen molar-refractivity contribution in [2.75, 3.05) is 13.2 Å². The van der Waals surface area contributed by atoms with Crippen LogP contribution < -0.4 is 10.3 Å². The maximum absolute atomic E-state index is 12.9. The van der Waals surface area contributed by atoms with Gasteiger partial charge in [-0.2, -0.15) is 5.10 Å². The molecule has 0 atom stereocenters. The summed E-state index contributed by atoms with van der Waals surface area (Å²) in [5.41, 5.74) is -0.403. The molecule has 1 heterocycles. The fraction of sp³-hybridized carbons (Fsp3) is 0.227. The summed E-state index contributed by atoms with van der Waals surface area (Å²) in [6.07, 6.45) is 0. The van der Waals surface area contributed by atoms with Crippen LogP contribution in [0.25, 0.3) is 10.8 Å². The monoisotopic (exact) mass is 424 g/mol. The molecule has 0 unspecified atom stereocenters. The van der Waals surface area contributed by atoms with Crippen molar-refractivity contribution in [3.05, 3.63) is 69.6 Å². The number of hydrogen-bond acceptors (Lipinski definition) is 8. The topological polar surface area (TPSA) is 114 Å². The van der Waals surface area contributed by atoms with Crippen molar-refractivity contribution in [1.82, 2.24) is 9.78 Å². The Morgan fingerprint density at radius 2 is 1.42 bits per heavy atom. The molecule has 9 heteroatoms. The summed E-state index contributed by atoms with van der Waals surface area (Å²) in [4.78, 5) is 49.5. The number of carbonyl (C=O) groups excluding carboxylic acids is 3. The van der Waals surface area contributed by atoms with Gasteiger partial charge in [-0.3, -0.25) is 4.79 Å². The van der Waals surface area contributed by atoms with E-state index >= 15 is 0 Å². The molecular weight excluding hydrogens is 404 g/mol. The molecule has 31 heavy (non-hydrogen) atoms. The van der Waals surface area contributed by atoms with E-state index in [1.165, 1.54) is 25.2 Å². The Bertz CT molecular complexity index is 1190. The van der Waals surface area contributed by atoms with Crippen LogP contribution in [-0.2, 0) is 16.5 Å². The molecule has 3 rings (SSSR count). The average Bonchev–Trinajstić information content (AvgIpc) is 2.76. The second kappa shape index (κ2) is 9.21. The molecule has 3 aromatic rings. The zero-order chi connectivity index (χ0) is 22.5. The van der Waals surface area contributed by atoms with Crippen LogP contribution in [0.4, 0.5) is 0 Å². The smallest absolute Gasteiger partial charge is 0.364 e. The molecule has 1 aromatic heterocycles. The standard InChI is InChI=1S/C22H20N2O7/c1-4-29-20(26)13-10-14(21(27)30-5-2)12-15(11-13)31-22(28)18-16-8-6-7-9-17(16)19(25)24(3)23-18/h6-12H,4-5H2,1-3H3. The van der Waals surface area contributed by atoms with Gasteiger partial charge in [0, 0.05) is 12.4 Å². The largest absolute Gasteiger partial charge is 0.462 e. The van der Waals surface area contributed by atoms with Gasteiger partial charge in [-0.05, 0) is 38.1 Å². The summed E-state index contributed by atoms with van der Waals surface area (Å²) in [5.74, 6) is -2.30. The van der Waals surface area contributed by atoms with Crippen molar-refractivity contribution >= 4 is 28.7 Å². The highest BCUT2D eigenvalue weighted by atomic mass is 16.5. The minimum absolute atomic E-state index is 0.0217. The SMILES string of the molecule is CCOC(=O)c1cc(OC(=O)c2nn(C)c(=O)c3ccccc23)cc(C(=O)OCC)c1. The Balaban J connectivity index is 2.04. The molecule has 0 saturated carbocycles. The van der Waals surface area contributed by atoms with Crippen LogP contribution in [0.1, 0.15) is 45.1 Å². The molecule has 0 fully saturated rings. The first-order valence-corrected chi connectivity index (χ1v) is 9.53. The van der Waals surface area contributed by atoms with Crippen molar-refractivity contribution in [1.29, 1.82) is 0 Å². The summed E-state index contributed by atoms with van der Waals surface area (Å²) in [6, 6.07) is 10.4. The molecule has 0 radical (unpaired) electrons. The summed E-state index contributed by atoms with van der Waals surface area (Å²) >= 11 is 0. The van der Waals surface area contributed by atoms with E-state index in [4.69, 9.17) is 14.2 Å². The minimum atomic E-state index is -0.859. The maximum Gasteiger partial charge on any atom is 0.364 e. The summed E-state index contributed by atoms with van der Waals surface area (Å²) < 4.78 is 16.4. The van der Waals surface area contributed by atoms with Crippen molar-refractivity contribution in [3.63, 3.8) is 0 Å². The van der Waals surface area contributed by atoms with E-state index in [0.717, 1.165) is 4.68 Å². The fourth-order valence-electron chi connectivity index (χ4n) is 2.93. The van der Waals surface area contributed by atoms with Gasteiger partial charge < -0.3 is 14.2 Å². The van der Waals surface area contributed by atoms with Gasteiger partial charge >= 0.3 is 17.9 Å². The van der Waals surface area contributed by atoms with E-state index < -0.39 is 17.9 Å². The normalized spacial score (nSPS) is 10.5. The first-order valence-electron chi connectivity index (χ1n) is 9.53. The molecule has 2 aromatic carbocycles. The van der Waals surface area contributed by atoms with E-state index in [9.17, 15) is 19.2 Å². The van der Waals surface area contributed by atoms with E-state index in [1.54, 1.807) is 38.1 Å². The Morgan fingerprint density at radius 1 is 0.871 bits per heavy atom. The van der Waals surface area contributed by atoms with Gasteiger partial charge in [0.05, 0.1) is 29.7 Å². The number of hydrogen-bond donors (Lipinski definition) is 0. The first-order chi connectivity index (χ1) is 14.8. The number of carbonyl (C=O) groups is 3. The van der Waals surface area contributed by atoms with E-state index in [1.807, 2.05) is 0 Å². The highest BCUT2D eigenvalue weighted by molar-refractivity contribution is 6.03. The molecule has 0 bridgehead atoms. The molecule has 0 aliphatic carbocycles. The van der Waals surface area contributed by atoms with Crippen LogP contribution in [0.15, 0.2) is 47.3 Å². The van der Waals surface area contributed by atoms with Crippen LogP contribution in [0, 0.1) is 0 Å². The van der Waals surface area contributed by atoms with Gasteiger partial charge in [0.1, 0.15) is 5.75 Å². The summed E-state index contributed by atoms with van der Waals surface area (Å²) in [6.45, 7) is 3.55. The lowest BCUT2D eigenvalue weighted by molar-refractivity contribution is 0.0521. The maximum atomic E-state index is 12.9. The Labute approximate surface area is 177 Å². The van der Waals surface area contributed by atoms with Crippen molar-refractivity contribution in [2.45, 2.75) is 13.8 Å². The highest BCUT2D eigenvalue weighted by Crippen LogP contribution is 2.22. The molecule has 0 aliphatic rings. The Kier molecular flexibility index (Phi) is 6.44. The zero-order valence-electron chi connectivity index (χ0n) is 17.2. The number of rotatable bonds is 6. The Hall–Kier alpha value is -4.01. The second-order valence-electron chi connectivity index (χ2n) is 6.40.